The highest BCUT2D eigenvalue weighted by Gasteiger charge is 2.34. The minimum atomic E-state index is -0.419. The van der Waals surface area contributed by atoms with Crippen LogP contribution in [0.1, 0.15) is 37.6 Å². The molecule has 0 radical (unpaired) electrons. The maximum absolute atomic E-state index is 10.4. The fourth-order valence-electron chi connectivity index (χ4n) is 2.87. The van der Waals surface area contributed by atoms with Crippen LogP contribution in [0.25, 0.3) is 11.3 Å². The molecule has 0 saturated carbocycles. The van der Waals surface area contributed by atoms with Gasteiger partial charge in [-0.1, -0.05) is 44.2 Å². The number of aromatic amines is 1. The summed E-state index contributed by atoms with van der Waals surface area (Å²) in [5.41, 5.74) is 4.16. The van der Waals surface area contributed by atoms with Gasteiger partial charge in [0.15, 0.2) is 0 Å². The van der Waals surface area contributed by atoms with E-state index in [4.69, 9.17) is 0 Å². The number of hydrogen-bond acceptors (Lipinski definition) is 2. The standard InChI is InChI=1S/C15H18N2O/c1-15(2)8-11-13(12(18)9-15)14(17-16-11)10-6-4-3-5-7-10/h3-7,12,18H,8-9H2,1-2H3,(H,16,17). The number of fused-ring (bicyclic) bond motifs is 1. The Hall–Kier alpha value is -1.61. The summed E-state index contributed by atoms with van der Waals surface area (Å²) in [5, 5.41) is 17.9. The van der Waals surface area contributed by atoms with Crippen LogP contribution >= 0.6 is 0 Å². The highest BCUT2D eigenvalue weighted by molar-refractivity contribution is 5.64. The molecule has 1 atom stereocenters. The molecule has 1 aliphatic carbocycles. The Kier molecular flexibility index (Phi) is 2.52. The molecule has 2 N–H and O–H groups in total. The molecule has 0 saturated heterocycles. The third kappa shape index (κ3) is 1.85. The van der Waals surface area contributed by atoms with Crippen LogP contribution in [0.4, 0.5) is 0 Å². The summed E-state index contributed by atoms with van der Waals surface area (Å²) in [6, 6.07) is 10.0. The first-order valence-corrected chi connectivity index (χ1v) is 6.37. The van der Waals surface area contributed by atoms with Gasteiger partial charge in [-0.3, -0.25) is 5.10 Å². The van der Waals surface area contributed by atoms with E-state index in [2.05, 4.69) is 24.0 Å². The summed E-state index contributed by atoms with van der Waals surface area (Å²) in [6.07, 6.45) is 1.32. The van der Waals surface area contributed by atoms with Crippen LogP contribution in [-0.4, -0.2) is 15.3 Å². The zero-order valence-corrected chi connectivity index (χ0v) is 10.8. The molecule has 1 heterocycles. The fraction of sp³-hybridized carbons (Fsp3) is 0.400. The van der Waals surface area contributed by atoms with E-state index < -0.39 is 6.10 Å². The number of aliphatic hydroxyl groups is 1. The average Bonchev–Trinajstić information content (AvgIpc) is 2.72. The van der Waals surface area contributed by atoms with Gasteiger partial charge in [0.05, 0.1) is 11.8 Å². The number of nitrogens with one attached hydrogen (secondary N) is 1. The zero-order valence-electron chi connectivity index (χ0n) is 10.8. The first kappa shape index (κ1) is 11.5. The highest BCUT2D eigenvalue weighted by atomic mass is 16.3. The Labute approximate surface area is 107 Å². The van der Waals surface area contributed by atoms with Crippen LogP contribution in [0.3, 0.4) is 0 Å². The lowest BCUT2D eigenvalue weighted by Gasteiger charge is -2.32. The molecule has 1 aromatic heterocycles. The lowest BCUT2D eigenvalue weighted by atomic mass is 9.74. The van der Waals surface area contributed by atoms with Crippen LogP contribution in [0, 0.1) is 5.41 Å². The normalized spacial score (nSPS) is 21.6. The molecule has 18 heavy (non-hydrogen) atoms. The minimum Gasteiger partial charge on any atom is -0.388 e. The Morgan fingerprint density at radius 2 is 2.00 bits per heavy atom. The van der Waals surface area contributed by atoms with E-state index >= 15 is 0 Å². The van der Waals surface area contributed by atoms with Gasteiger partial charge in [-0.15, -0.1) is 0 Å². The van der Waals surface area contributed by atoms with Crippen molar-refractivity contribution < 1.29 is 5.11 Å². The average molecular weight is 242 g/mol. The second-order valence-electron chi connectivity index (χ2n) is 5.89. The van der Waals surface area contributed by atoms with Gasteiger partial charge < -0.3 is 5.11 Å². The van der Waals surface area contributed by atoms with Gasteiger partial charge in [-0.05, 0) is 18.3 Å². The number of aliphatic hydroxyl groups excluding tert-OH is 1. The summed E-state index contributed by atoms with van der Waals surface area (Å²) in [6.45, 7) is 4.37. The minimum absolute atomic E-state index is 0.132. The molecule has 3 rings (SSSR count). The molecule has 3 heteroatoms. The van der Waals surface area contributed by atoms with E-state index in [-0.39, 0.29) is 5.41 Å². The van der Waals surface area contributed by atoms with E-state index in [0.29, 0.717) is 0 Å². The van der Waals surface area contributed by atoms with E-state index in [1.165, 1.54) is 0 Å². The van der Waals surface area contributed by atoms with Crippen molar-refractivity contribution in [3.63, 3.8) is 0 Å². The summed E-state index contributed by atoms with van der Waals surface area (Å²) >= 11 is 0. The van der Waals surface area contributed by atoms with Gasteiger partial charge in [0.25, 0.3) is 0 Å². The molecule has 0 bridgehead atoms. The fourth-order valence-corrected chi connectivity index (χ4v) is 2.87. The maximum Gasteiger partial charge on any atom is 0.0981 e. The number of rotatable bonds is 1. The number of H-pyrrole nitrogens is 1. The summed E-state index contributed by atoms with van der Waals surface area (Å²) < 4.78 is 0. The molecular formula is C15H18N2O. The number of nitrogens with zero attached hydrogens (tertiary/aromatic N) is 1. The van der Waals surface area contributed by atoms with Gasteiger partial charge in [0.1, 0.15) is 0 Å². The monoisotopic (exact) mass is 242 g/mol. The molecule has 94 valence electrons. The Morgan fingerprint density at radius 1 is 1.28 bits per heavy atom. The smallest absolute Gasteiger partial charge is 0.0981 e. The SMILES string of the molecule is CC1(C)Cc2[nH]nc(-c3ccccc3)c2C(O)C1. The van der Waals surface area contributed by atoms with Crippen LogP contribution in [0.2, 0.25) is 0 Å². The van der Waals surface area contributed by atoms with E-state index in [1.54, 1.807) is 0 Å². The lowest BCUT2D eigenvalue weighted by molar-refractivity contribution is 0.0998. The predicted octanol–water partition coefficient (Wildman–Crippen LogP) is 3.08. The van der Waals surface area contributed by atoms with E-state index in [1.807, 2.05) is 30.3 Å². The molecule has 1 unspecified atom stereocenters. The largest absolute Gasteiger partial charge is 0.388 e. The van der Waals surface area contributed by atoms with E-state index in [0.717, 1.165) is 35.4 Å². The van der Waals surface area contributed by atoms with Crippen molar-refractivity contribution in [2.75, 3.05) is 0 Å². The van der Waals surface area contributed by atoms with Gasteiger partial charge in [-0.2, -0.15) is 5.10 Å². The van der Waals surface area contributed by atoms with E-state index in [9.17, 15) is 5.11 Å². The van der Waals surface area contributed by atoms with Crippen molar-refractivity contribution in [3.05, 3.63) is 41.6 Å². The number of hydrogen-bond donors (Lipinski definition) is 2. The molecule has 0 fully saturated rings. The summed E-state index contributed by atoms with van der Waals surface area (Å²) in [5.74, 6) is 0. The topological polar surface area (TPSA) is 48.9 Å². The quantitative estimate of drug-likeness (QED) is 0.807. The molecule has 0 aliphatic heterocycles. The van der Waals surface area contributed by atoms with Gasteiger partial charge in [0, 0.05) is 16.8 Å². The van der Waals surface area contributed by atoms with Crippen molar-refractivity contribution in [1.82, 2.24) is 10.2 Å². The van der Waals surface area contributed by atoms with Crippen LogP contribution in [-0.2, 0) is 6.42 Å². The van der Waals surface area contributed by atoms with Crippen molar-refractivity contribution in [3.8, 4) is 11.3 Å². The molecule has 1 aliphatic rings. The molecule has 0 spiro atoms. The summed E-state index contributed by atoms with van der Waals surface area (Å²) in [4.78, 5) is 0. The van der Waals surface area contributed by atoms with Crippen LogP contribution in [0.5, 0.6) is 0 Å². The Bertz CT molecular complexity index is 557. The number of aromatic nitrogens is 2. The van der Waals surface area contributed by atoms with Crippen LogP contribution in [0.15, 0.2) is 30.3 Å². The summed E-state index contributed by atoms with van der Waals surface area (Å²) in [7, 11) is 0. The Balaban J connectivity index is 2.09. The van der Waals surface area contributed by atoms with Crippen molar-refractivity contribution in [1.29, 1.82) is 0 Å². The highest BCUT2D eigenvalue weighted by Crippen LogP contribution is 2.43. The third-order valence-corrected chi connectivity index (χ3v) is 3.66. The molecule has 0 amide bonds. The molecule has 3 nitrogen and oxygen atoms in total. The molecule has 1 aromatic carbocycles. The third-order valence-electron chi connectivity index (χ3n) is 3.66. The van der Waals surface area contributed by atoms with Crippen molar-refractivity contribution in [2.24, 2.45) is 5.41 Å². The van der Waals surface area contributed by atoms with Crippen molar-refractivity contribution in [2.45, 2.75) is 32.8 Å². The first-order valence-electron chi connectivity index (χ1n) is 6.37. The molecule has 2 aromatic rings. The second kappa shape index (κ2) is 3.95. The molecular weight excluding hydrogens is 224 g/mol. The number of benzene rings is 1. The Morgan fingerprint density at radius 3 is 2.72 bits per heavy atom. The zero-order chi connectivity index (χ0) is 12.8. The van der Waals surface area contributed by atoms with Crippen molar-refractivity contribution >= 4 is 0 Å². The van der Waals surface area contributed by atoms with Gasteiger partial charge in [0.2, 0.25) is 0 Å². The van der Waals surface area contributed by atoms with Gasteiger partial charge >= 0.3 is 0 Å². The van der Waals surface area contributed by atoms with Crippen LogP contribution < -0.4 is 0 Å². The first-order chi connectivity index (χ1) is 8.57. The lowest BCUT2D eigenvalue weighted by Crippen LogP contribution is -2.25. The second-order valence-corrected chi connectivity index (χ2v) is 5.89. The maximum atomic E-state index is 10.4. The van der Waals surface area contributed by atoms with Gasteiger partial charge in [-0.25, -0.2) is 0 Å². The predicted molar refractivity (Wildman–Crippen MR) is 71.1 cm³/mol.